The predicted molar refractivity (Wildman–Crippen MR) is 151 cm³/mol. The molecule has 1 aliphatic rings. The molecule has 3 aromatic carbocycles. The third kappa shape index (κ3) is 4.89. The highest BCUT2D eigenvalue weighted by Gasteiger charge is 2.36. The van der Waals surface area contributed by atoms with Crippen molar-refractivity contribution in [2.75, 3.05) is 17.3 Å². The van der Waals surface area contributed by atoms with Crippen LogP contribution in [0.2, 0.25) is 5.02 Å². The molecule has 1 aliphatic heterocycles. The molecule has 4 aromatic rings. The first-order valence-corrected chi connectivity index (χ1v) is 12.3. The normalized spacial score (nSPS) is 14.6. The lowest BCUT2D eigenvalue weighted by atomic mass is 10.1. The van der Waals surface area contributed by atoms with Crippen LogP contribution in [0.3, 0.4) is 0 Å². The summed E-state index contributed by atoms with van der Waals surface area (Å²) < 4.78 is 7.15. The number of fused-ring (bicyclic) bond motifs is 1. The molecule has 190 valence electrons. The second-order valence-corrected chi connectivity index (χ2v) is 9.24. The molecule has 0 saturated carbocycles. The van der Waals surface area contributed by atoms with Crippen molar-refractivity contribution in [3.63, 3.8) is 0 Å². The minimum Gasteiger partial charge on any atom is -0.495 e. The number of halogens is 1. The van der Waals surface area contributed by atoms with Crippen LogP contribution in [0.4, 0.5) is 11.4 Å². The Labute approximate surface area is 228 Å². The molecule has 0 aliphatic carbocycles. The fourth-order valence-corrected chi connectivity index (χ4v) is 4.66. The second-order valence-electron chi connectivity index (χ2n) is 8.41. The van der Waals surface area contributed by atoms with Gasteiger partial charge in [0.1, 0.15) is 17.9 Å². The van der Waals surface area contributed by atoms with Crippen LogP contribution in [-0.4, -0.2) is 34.5 Å². The van der Waals surface area contributed by atoms with Crippen molar-refractivity contribution in [1.82, 2.24) is 9.88 Å². The Bertz CT molecular complexity index is 1630. The van der Waals surface area contributed by atoms with Gasteiger partial charge in [-0.25, -0.2) is 4.90 Å². The van der Waals surface area contributed by atoms with E-state index in [1.54, 1.807) is 59.3 Å². The van der Waals surface area contributed by atoms with Crippen LogP contribution < -0.4 is 20.3 Å². The maximum atomic E-state index is 13.5. The van der Waals surface area contributed by atoms with Crippen molar-refractivity contribution in [2.45, 2.75) is 6.54 Å². The number of nitrogens with zero attached hydrogens (tertiary/aromatic N) is 2. The van der Waals surface area contributed by atoms with E-state index in [4.69, 9.17) is 28.6 Å². The Hall–Kier alpha value is -4.47. The fraction of sp³-hybridized carbons (Fsp3) is 0.0714. The van der Waals surface area contributed by atoms with Gasteiger partial charge in [0.25, 0.3) is 11.8 Å². The summed E-state index contributed by atoms with van der Waals surface area (Å²) in [6, 6.07) is 21.2. The number of aromatic nitrogens is 1. The zero-order chi connectivity index (χ0) is 26.8. The molecule has 8 nitrogen and oxygen atoms in total. The van der Waals surface area contributed by atoms with Crippen LogP contribution in [0, 0.1) is 0 Å². The number of ether oxygens (including phenoxy) is 1. The first kappa shape index (κ1) is 25.2. The number of benzene rings is 3. The molecule has 38 heavy (non-hydrogen) atoms. The fourth-order valence-electron chi connectivity index (χ4n) is 4.26. The second kappa shape index (κ2) is 10.5. The molecule has 3 amide bonds. The van der Waals surface area contributed by atoms with Crippen LogP contribution >= 0.6 is 23.8 Å². The monoisotopic (exact) mass is 544 g/mol. The van der Waals surface area contributed by atoms with Crippen LogP contribution in [0.5, 0.6) is 5.75 Å². The van der Waals surface area contributed by atoms with E-state index in [2.05, 4.69) is 10.6 Å². The Morgan fingerprint density at radius 2 is 1.76 bits per heavy atom. The highest BCUT2D eigenvalue weighted by Crippen LogP contribution is 2.32. The van der Waals surface area contributed by atoms with E-state index < -0.39 is 11.8 Å². The number of amides is 3. The topological polar surface area (TPSA) is 92.7 Å². The molecular weight excluding hydrogens is 524 g/mol. The van der Waals surface area contributed by atoms with Crippen molar-refractivity contribution < 1.29 is 19.1 Å². The molecule has 2 heterocycles. The van der Waals surface area contributed by atoms with Gasteiger partial charge in [-0.15, -0.1) is 0 Å². The van der Waals surface area contributed by atoms with Gasteiger partial charge in [0, 0.05) is 33.4 Å². The molecule has 5 rings (SSSR count). The average Bonchev–Trinajstić information content (AvgIpc) is 3.25. The zero-order valence-electron chi connectivity index (χ0n) is 20.1. The molecule has 2 N–H and O–H groups in total. The number of rotatable bonds is 6. The lowest BCUT2D eigenvalue weighted by molar-refractivity contribution is -0.122. The van der Waals surface area contributed by atoms with Gasteiger partial charge >= 0.3 is 0 Å². The van der Waals surface area contributed by atoms with E-state index >= 15 is 0 Å². The van der Waals surface area contributed by atoms with Crippen molar-refractivity contribution in [3.8, 4) is 5.75 Å². The summed E-state index contributed by atoms with van der Waals surface area (Å²) in [5.41, 5.74) is 2.31. The highest BCUT2D eigenvalue weighted by atomic mass is 35.5. The van der Waals surface area contributed by atoms with E-state index in [0.29, 0.717) is 27.7 Å². The molecule has 1 fully saturated rings. The molecular formula is C28H21ClN4O4S. The summed E-state index contributed by atoms with van der Waals surface area (Å²) in [7, 11) is 1.49. The number of carbonyl (C=O) groups is 3. The Morgan fingerprint density at radius 1 is 1.05 bits per heavy atom. The van der Waals surface area contributed by atoms with Crippen molar-refractivity contribution in [2.24, 2.45) is 0 Å². The summed E-state index contributed by atoms with van der Waals surface area (Å²) in [5, 5.41) is 6.74. The van der Waals surface area contributed by atoms with Crippen LogP contribution in [0.25, 0.3) is 17.0 Å². The maximum Gasteiger partial charge on any atom is 0.270 e. The molecule has 0 atom stereocenters. The first-order chi connectivity index (χ1) is 18.4. The van der Waals surface area contributed by atoms with E-state index in [0.717, 1.165) is 10.9 Å². The number of thiocarbonyl (C=S) groups is 1. The maximum absolute atomic E-state index is 13.5. The van der Waals surface area contributed by atoms with Gasteiger partial charge in [-0.1, -0.05) is 41.9 Å². The number of nitrogens with one attached hydrogen (secondary N) is 2. The number of methoxy groups -OCH3 is 1. The van der Waals surface area contributed by atoms with Crippen molar-refractivity contribution in [3.05, 3.63) is 95.2 Å². The summed E-state index contributed by atoms with van der Waals surface area (Å²) in [6.45, 7) is 0.0177. The van der Waals surface area contributed by atoms with E-state index in [1.165, 1.54) is 18.1 Å². The van der Waals surface area contributed by atoms with Gasteiger partial charge in [0.2, 0.25) is 5.91 Å². The summed E-state index contributed by atoms with van der Waals surface area (Å²) in [4.78, 5) is 40.4. The number of anilines is 2. The molecule has 0 unspecified atom stereocenters. The summed E-state index contributed by atoms with van der Waals surface area (Å²) >= 11 is 11.2. The van der Waals surface area contributed by atoms with Gasteiger partial charge in [0.15, 0.2) is 5.11 Å². The van der Waals surface area contributed by atoms with Gasteiger partial charge in [-0.05, 0) is 60.8 Å². The van der Waals surface area contributed by atoms with Gasteiger partial charge in [-0.2, -0.15) is 0 Å². The SMILES string of the molecule is COc1ccccc1N1C(=O)/C(=C/c2cn(CC(=O)Nc3ccc(Cl)cc3)c3ccccc23)C(=O)NC1=S. The van der Waals surface area contributed by atoms with Gasteiger partial charge < -0.3 is 14.6 Å². The Kier molecular flexibility index (Phi) is 6.95. The molecule has 1 aromatic heterocycles. The smallest absolute Gasteiger partial charge is 0.270 e. The summed E-state index contributed by atoms with van der Waals surface area (Å²) in [5.74, 6) is -1.00. The van der Waals surface area contributed by atoms with Crippen molar-refractivity contribution in [1.29, 1.82) is 0 Å². The molecule has 0 bridgehead atoms. The van der Waals surface area contributed by atoms with Gasteiger partial charge in [-0.3, -0.25) is 19.7 Å². The van der Waals surface area contributed by atoms with Crippen LogP contribution in [-0.2, 0) is 20.9 Å². The first-order valence-electron chi connectivity index (χ1n) is 11.5. The Morgan fingerprint density at radius 3 is 2.53 bits per heavy atom. The molecule has 0 radical (unpaired) electrons. The van der Waals surface area contributed by atoms with Crippen molar-refractivity contribution >= 4 is 75.0 Å². The van der Waals surface area contributed by atoms with E-state index in [-0.39, 0.29) is 23.1 Å². The van der Waals surface area contributed by atoms with Crippen LogP contribution in [0.1, 0.15) is 5.56 Å². The third-order valence-electron chi connectivity index (χ3n) is 5.99. The molecule has 0 spiro atoms. The number of para-hydroxylation sites is 3. The number of hydrogen-bond acceptors (Lipinski definition) is 5. The minimum absolute atomic E-state index is 0.0177. The lowest BCUT2D eigenvalue weighted by Crippen LogP contribution is -2.54. The zero-order valence-corrected chi connectivity index (χ0v) is 21.7. The van der Waals surface area contributed by atoms with E-state index in [9.17, 15) is 14.4 Å². The quantitative estimate of drug-likeness (QED) is 0.207. The van der Waals surface area contributed by atoms with E-state index in [1.807, 2.05) is 24.3 Å². The highest BCUT2D eigenvalue weighted by molar-refractivity contribution is 7.80. The third-order valence-corrected chi connectivity index (χ3v) is 6.53. The molecule has 10 heteroatoms. The van der Waals surface area contributed by atoms with Crippen LogP contribution in [0.15, 0.2) is 84.6 Å². The standard InChI is InChI=1S/C28H21ClN4O4S/c1-37-24-9-5-4-8-23(24)33-27(36)21(26(35)31-28(33)38)14-17-15-32(22-7-3-2-6-20(17)22)16-25(34)30-19-12-10-18(29)11-13-19/h2-15H,16H2,1H3,(H,30,34)(H,31,35,38)/b21-14+. The Balaban J connectivity index is 1.49. The average molecular weight is 545 g/mol. The van der Waals surface area contributed by atoms with Gasteiger partial charge in [0.05, 0.1) is 12.8 Å². The largest absolute Gasteiger partial charge is 0.495 e. The number of carbonyl (C=O) groups excluding carboxylic acids is 3. The number of hydrogen-bond donors (Lipinski definition) is 2. The predicted octanol–water partition coefficient (Wildman–Crippen LogP) is 4.77. The lowest BCUT2D eigenvalue weighted by Gasteiger charge is -2.29. The minimum atomic E-state index is -0.608. The summed E-state index contributed by atoms with van der Waals surface area (Å²) in [6.07, 6.45) is 3.25. The molecule has 1 saturated heterocycles.